The van der Waals surface area contributed by atoms with Crippen LogP contribution in [-0.2, 0) is 13.3 Å². The van der Waals surface area contributed by atoms with Crippen LogP contribution in [0.1, 0.15) is 6.42 Å². The minimum Gasteiger partial charge on any atom is -0.465 e. The number of carboxylic acid groups (broad SMARTS) is 1. The van der Waals surface area contributed by atoms with Gasteiger partial charge in [-0.3, -0.25) is 4.90 Å². The maximum absolute atomic E-state index is 10.4. The fraction of sp³-hybridized carbons (Fsp3) is 0.900. The van der Waals surface area contributed by atoms with Crippen molar-refractivity contribution in [1.29, 1.82) is 0 Å². The zero-order valence-electron chi connectivity index (χ0n) is 10.4. The monoisotopic (exact) mass is 276 g/mol. The second kappa shape index (κ2) is 6.48. The summed E-state index contributed by atoms with van der Waals surface area (Å²) in [5.74, 6) is 0. The lowest BCUT2D eigenvalue weighted by atomic mass is 10.4. The van der Waals surface area contributed by atoms with E-state index in [1.165, 1.54) is 0 Å². The Balaban J connectivity index is 1.83. The van der Waals surface area contributed by atoms with Crippen molar-refractivity contribution in [1.82, 2.24) is 10.2 Å². The third kappa shape index (κ3) is 3.92. The van der Waals surface area contributed by atoms with Gasteiger partial charge < -0.3 is 23.7 Å². The number of hydrogen-bond acceptors (Lipinski definition) is 5. The molecule has 104 valence electrons. The number of fused-ring (bicyclic) bond motifs is 6. The average molecular weight is 276 g/mol. The van der Waals surface area contributed by atoms with Gasteiger partial charge in [-0.2, -0.15) is 0 Å². The number of amides is 1. The molecule has 0 radical (unpaired) electrons. The first kappa shape index (κ1) is 13.8. The van der Waals surface area contributed by atoms with E-state index in [4.69, 9.17) is 18.4 Å². The molecule has 0 aromatic heterocycles. The van der Waals surface area contributed by atoms with Crippen molar-refractivity contribution in [3.05, 3.63) is 0 Å². The van der Waals surface area contributed by atoms with Gasteiger partial charge in [-0.1, -0.05) is 0 Å². The summed E-state index contributed by atoms with van der Waals surface area (Å²) in [6.07, 6.45) is -0.315. The molecule has 0 aromatic carbocycles. The van der Waals surface area contributed by atoms with Gasteiger partial charge in [0.1, 0.15) is 0 Å². The molecule has 0 aliphatic carbocycles. The number of rotatable bonds is 4. The van der Waals surface area contributed by atoms with E-state index in [0.717, 1.165) is 19.6 Å². The summed E-state index contributed by atoms with van der Waals surface area (Å²) in [6, 6.07) is 0.674. The van der Waals surface area contributed by atoms with Crippen LogP contribution in [-0.4, -0.2) is 70.9 Å². The zero-order chi connectivity index (χ0) is 12.8. The lowest BCUT2D eigenvalue weighted by Gasteiger charge is -2.38. The largest absolute Gasteiger partial charge is 0.501 e. The Labute approximate surface area is 107 Å². The first-order valence-electron chi connectivity index (χ1n) is 6.31. The van der Waals surface area contributed by atoms with Gasteiger partial charge in [0.2, 0.25) is 0 Å². The predicted octanol–water partition coefficient (Wildman–Crippen LogP) is -0.0380. The molecule has 8 heteroatoms. The van der Waals surface area contributed by atoms with E-state index in [2.05, 4.69) is 10.2 Å². The second-order valence-electron chi connectivity index (χ2n) is 4.41. The van der Waals surface area contributed by atoms with Crippen molar-refractivity contribution >= 4 is 14.9 Å². The molecule has 3 rings (SSSR count). The average Bonchev–Trinajstić information content (AvgIpc) is 2.24. The molecule has 2 N–H and O–H groups in total. The third-order valence-corrected chi connectivity index (χ3v) is 6.02. The summed E-state index contributed by atoms with van der Waals surface area (Å²) in [6.45, 7) is 5.10. The van der Waals surface area contributed by atoms with Gasteiger partial charge in [0.15, 0.2) is 0 Å². The number of nitrogens with one attached hydrogen (secondary N) is 1. The number of hydrogen-bond donors (Lipinski definition) is 2. The van der Waals surface area contributed by atoms with E-state index >= 15 is 0 Å². The second-order valence-corrected chi connectivity index (χ2v) is 7.14. The van der Waals surface area contributed by atoms with E-state index in [9.17, 15) is 4.79 Å². The van der Waals surface area contributed by atoms with E-state index in [1.807, 2.05) is 0 Å². The summed E-state index contributed by atoms with van der Waals surface area (Å²) in [5.41, 5.74) is 0. The fourth-order valence-corrected chi connectivity index (χ4v) is 4.67. The van der Waals surface area contributed by atoms with Gasteiger partial charge in [0.05, 0.1) is 19.8 Å². The Morgan fingerprint density at radius 1 is 1.17 bits per heavy atom. The maximum atomic E-state index is 10.4. The van der Waals surface area contributed by atoms with Gasteiger partial charge >= 0.3 is 14.9 Å². The minimum absolute atomic E-state index is 0.409. The molecule has 1 amide bonds. The molecule has 3 heterocycles. The Bertz CT molecular complexity index is 265. The lowest BCUT2D eigenvalue weighted by Crippen LogP contribution is -2.55. The summed E-state index contributed by atoms with van der Waals surface area (Å²) in [7, 11) is -2.56. The van der Waals surface area contributed by atoms with Crippen LogP contribution >= 0.6 is 0 Å². The van der Waals surface area contributed by atoms with Gasteiger partial charge in [-0.05, 0) is 6.42 Å². The molecule has 0 atom stereocenters. The highest BCUT2D eigenvalue weighted by molar-refractivity contribution is 6.60. The van der Waals surface area contributed by atoms with Crippen molar-refractivity contribution in [3.63, 3.8) is 0 Å². The van der Waals surface area contributed by atoms with E-state index in [1.54, 1.807) is 0 Å². The molecular formula is C10H20N2O5Si. The van der Waals surface area contributed by atoms with Crippen LogP contribution in [0.15, 0.2) is 0 Å². The van der Waals surface area contributed by atoms with Crippen LogP contribution in [0.4, 0.5) is 4.79 Å². The quantitative estimate of drug-likeness (QED) is 0.554. The van der Waals surface area contributed by atoms with Crippen LogP contribution in [0.2, 0.25) is 6.04 Å². The third-order valence-electron chi connectivity index (χ3n) is 3.12. The topological polar surface area (TPSA) is 80.3 Å². The van der Waals surface area contributed by atoms with Crippen molar-refractivity contribution in [2.24, 2.45) is 0 Å². The van der Waals surface area contributed by atoms with Crippen LogP contribution in [0.3, 0.4) is 0 Å². The van der Waals surface area contributed by atoms with Crippen molar-refractivity contribution in [2.45, 2.75) is 12.5 Å². The maximum Gasteiger partial charge on any atom is 0.501 e. The molecule has 0 aromatic rings. The molecule has 3 fully saturated rings. The van der Waals surface area contributed by atoms with Gasteiger partial charge in [-0.15, -0.1) is 0 Å². The molecule has 0 unspecified atom stereocenters. The molecule has 18 heavy (non-hydrogen) atoms. The highest BCUT2D eigenvalue weighted by Crippen LogP contribution is 2.21. The van der Waals surface area contributed by atoms with Crippen LogP contribution in [0.25, 0.3) is 0 Å². The van der Waals surface area contributed by atoms with Crippen molar-refractivity contribution in [3.8, 4) is 0 Å². The highest BCUT2D eigenvalue weighted by Gasteiger charge is 2.43. The Morgan fingerprint density at radius 2 is 1.72 bits per heavy atom. The Morgan fingerprint density at radius 3 is 2.22 bits per heavy atom. The van der Waals surface area contributed by atoms with Crippen molar-refractivity contribution < 1.29 is 23.2 Å². The standard InChI is InChI=1S/C10H20N2O5Si/c13-10(14)11-2-1-9-18-15-6-3-12(4-7-16-18)5-8-17-18/h11H,1-9H2,(H,13,14). The molecule has 3 aliphatic rings. The SMILES string of the molecule is O=C(O)NCCC[Si]12OCCN(CCO1)CCO2. The van der Waals surface area contributed by atoms with Crippen LogP contribution < -0.4 is 5.32 Å². The molecule has 0 saturated carbocycles. The molecular weight excluding hydrogens is 256 g/mol. The first-order valence-corrected chi connectivity index (χ1v) is 8.24. The fourth-order valence-electron chi connectivity index (χ4n) is 2.17. The normalized spacial score (nSPS) is 32.3. The number of nitrogens with zero attached hydrogens (tertiary/aromatic N) is 1. The summed E-state index contributed by atoms with van der Waals surface area (Å²) < 4.78 is 17.5. The smallest absolute Gasteiger partial charge is 0.465 e. The molecule has 0 spiro atoms. The number of carbonyl (C=O) groups is 1. The Kier molecular flexibility index (Phi) is 4.95. The minimum atomic E-state index is -2.56. The predicted molar refractivity (Wildman–Crippen MR) is 65.5 cm³/mol. The molecule has 3 aliphatic heterocycles. The summed E-state index contributed by atoms with van der Waals surface area (Å²) >= 11 is 0. The van der Waals surface area contributed by atoms with E-state index in [0.29, 0.717) is 38.8 Å². The van der Waals surface area contributed by atoms with Gasteiger partial charge in [-0.25, -0.2) is 4.79 Å². The summed E-state index contributed by atoms with van der Waals surface area (Å²) in [5, 5.41) is 10.9. The summed E-state index contributed by atoms with van der Waals surface area (Å²) in [4.78, 5) is 12.6. The van der Waals surface area contributed by atoms with Gasteiger partial charge in [0, 0.05) is 32.2 Å². The van der Waals surface area contributed by atoms with Crippen molar-refractivity contribution in [2.75, 3.05) is 46.0 Å². The van der Waals surface area contributed by atoms with Crippen LogP contribution in [0, 0.1) is 0 Å². The van der Waals surface area contributed by atoms with Gasteiger partial charge in [0.25, 0.3) is 0 Å². The highest BCUT2D eigenvalue weighted by atomic mass is 28.4. The Hall–Kier alpha value is -0.673. The lowest BCUT2D eigenvalue weighted by molar-refractivity contribution is -0.00850. The molecule has 2 bridgehead atoms. The molecule has 7 nitrogen and oxygen atoms in total. The van der Waals surface area contributed by atoms with E-state index < -0.39 is 14.9 Å². The first-order chi connectivity index (χ1) is 8.70. The molecule has 3 saturated heterocycles. The zero-order valence-corrected chi connectivity index (χ0v) is 11.4. The van der Waals surface area contributed by atoms with Crippen LogP contribution in [0.5, 0.6) is 0 Å². The van der Waals surface area contributed by atoms with E-state index in [-0.39, 0.29) is 0 Å².